The standard InChI is InChI=1S/C42H85NO3/c1-4-7-9-11-13-15-17-19-21-23-25-27-29-31-33-41(40-44)38-43(35-37-46-36-6-3)39-42(45)34-32-30-28-26-24-22-20-18-16-14-12-10-8-5-2/h40-42,45H,4-39H2,1-3H3. The Balaban J connectivity index is 3.99. The molecule has 0 radical (unpaired) electrons. The highest BCUT2D eigenvalue weighted by Gasteiger charge is 2.17. The highest BCUT2D eigenvalue weighted by molar-refractivity contribution is 5.53. The minimum atomic E-state index is -0.308. The number of aldehydes is 1. The fourth-order valence-corrected chi connectivity index (χ4v) is 6.80. The topological polar surface area (TPSA) is 49.8 Å². The molecule has 0 fully saturated rings. The average molecular weight is 652 g/mol. The molecule has 2 unspecified atom stereocenters. The maximum atomic E-state index is 12.0. The molecule has 0 aromatic carbocycles. The number of ether oxygens (including phenoxy) is 1. The fraction of sp³-hybridized carbons (Fsp3) is 0.976. The van der Waals surface area contributed by atoms with Gasteiger partial charge >= 0.3 is 0 Å². The maximum absolute atomic E-state index is 12.0. The van der Waals surface area contributed by atoms with Crippen molar-refractivity contribution < 1.29 is 14.6 Å². The van der Waals surface area contributed by atoms with Crippen LogP contribution in [0.25, 0.3) is 0 Å². The number of aliphatic hydroxyl groups is 1. The predicted octanol–water partition coefficient (Wildman–Crippen LogP) is 12.6. The van der Waals surface area contributed by atoms with Crippen molar-refractivity contribution in [2.24, 2.45) is 5.92 Å². The van der Waals surface area contributed by atoms with Crippen LogP contribution in [0.15, 0.2) is 0 Å². The number of unbranched alkanes of at least 4 members (excludes halogenated alkanes) is 26. The third-order valence-electron chi connectivity index (χ3n) is 9.87. The maximum Gasteiger partial charge on any atom is 0.124 e. The van der Waals surface area contributed by atoms with Gasteiger partial charge in [-0.2, -0.15) is 0 Å². The first-order chi connectivity index (χ1) is 22.7. The number of carbonyl (C=O) groups is 1. The van der Waals surface area contributed by atoms with Crippen molar-refractivity contribution in [3.05, 3.63) is 0 Å². The molecule has 0 aliphatic rings. The summed E-state index contributed by atoms with van der Waals surface area (Å²) in [4.78, 5) is 14.3. The molecule has 46 heavy (non-hydrogen) atoms. The second kappa shape index (κ2) is 39.0. The Kier molecular flexibility index (Phi) is 38.6. The van der Waals surface area contributed by atoms with Gasteiger partial charge in [0.2, 0.25) is 0 Å². The van der Waals surface area contributed by atoms with Crippen LogP contribution >= 0.6 is 0 Å². The Hall–Kier alpha value is -0.450. The highest BCUT2D eigenvalue weighted by Crippen LogP contribution is 2.17. The molecule has 0 saturated heterocycles. The minimum absolute atomic E-state index is 0.0664. The van der Waals surface area contributed by atoms with Gasteiger partial charge in [-0.3, -0.25) is 4.90 Å². The van der Waals surface area contributed by atoms with Crippen molar-refractivity contribution in [1.82, 2.24) is 4.90 Å². The molecule has 0 amide bonds. The van der Waals surface area contributed by atoms with E-state index in [-0.39, 0.29) is 12.0 Å². The van der Waals surface area contributed by atoms with Gasteiger partial charge in [0.25, 0.3) is 0 Å². The van der Waals surface area contributed by atoms with Gasteiger partial charge in [0, 0.05) is 32.2 Å². The normalized spacial score (nSPS) is 13.1. The third kappa shape index (κ3) is 34.9. The molecule has 0 rings (SSSR count). The van der Waals surface area contributed by atoms with Crippen LogP contribution in [0, 0.1) is 5.92 Å². The summed E-state index contributed by atoms with van der Waals surface area (Å²) in [6.07, 6.45) is 41.8. The van der Waals surface area contributed by atoms with E-state index in [0.29, 0.717) is 13.2 Å². The summed E-state index contributed by atoms with van der Waals surface area (Å²) in [6.45, 7) is 10.4. The zero-order valence-electron chi connectivity index (χ0n) is 31.9. The van der Waals surface area contributed by atoms with E-state index in [0.717, 1.165) is 51.8 Å². The lowest BCUT2D eigenvalue weighted by atomic mass is 9.99. The molecule has 0 aliphatic carbocycles. The van der Waals surface area contributed by atoms with E-state index in [9.17, 15) is 9.90 Å². The Morgan fingerprint density at radius 3 is 1.22 bits per heavy atom. The number of hydrogen-bond acceptors (Lipinski definition) is 4. The van der Waals surface area contributed by atoms with Gasteiger partial charge in [-0.25, -0.2) is 0 Å². The van der Waals surface area contributed by atoms with Crippen molar-refractivity contribution in [2.75, 3.05) is 32.8 Å². The molecule has 0 aliphatic heterocycles. The first-order valence-corrected chi connectivity index (χ1v) is 21.1. The molecule has 0 bridgehead atoms. The van der Waals surface area contributed by atoms with Crippen molar-refractivity contribution in [2.45, 2.75) is 226 Å². The number of aliphatic hydroxyl groups excluding tert-OH is 1. The van der Waals surface area contributed by atoms with Crippen LogP contribution in [-0.4, -0.2) is 55.2 Å². The molecular formula is C42H85NO3. The summed E-state index contributed by atoms with van der Waals surface area (Å²) in [6, 6.07) is 0. The second-order valence-corrected chi connectivity index (χ2v) is 14.7. The van der Waals surface area contributed by atoms with Gasteiger partial charge in [0.15, 0.2) is 0 Å². The molecular weight excluding hydrogens is 566 g/mol. The van der Waals surface area contributed by atoms with Gasteiger partial charge < -0.3 is 14.6 Å². The summed E-state index contributed by atoms with van der Waals surface area (Å²) < 4.78 is 5.77. The highest BCUT2D eigenvalue weighted by atomic mass is 16.5. The Morgan fingerprint density at radius 1 is 0.478 bits per heavy atom. The van der Waals surface area contributed by atoms with Crippen LogP contribution in [0.1, 0.15) is 220 Å². The van der Waals surface area contributed by atoms with Crippen LogP contribution in [0.2, 0.25) is 0 Å². The first-order valence-electron chi connectivity index (χ1n) is 21.1. The molecule has 0 saturated carbocycles. The number of carbonyl (C=O) groups excluding carboxylic acids is 1. The first kappa shape index (κ1) is 45.6. The number of rotatable bonds is 40. The molecule has 0 spiro atoms. The predicted molar refractivity (Wildman–Crippen MR) is 203 cm³/mol. The van der Waals surface area contributed by atoms with Gasteiger partial charge in [0.1, 0.15) is 6.29 Å². The summed E-state index contributed by atoms with van der Waals surface area (Å²) in [5.74, 6) is 0.0664. The zero-order valence-corrected chi connectivity index (χ0v) is 31.9. The smallest absolute Gasteiger partial charge is 0.124 e. The monoisotopic (exact) mass is 652 g/mol. The molecule has 0 heterocycles. The molecule has 1 N–H and O–H groups in total. The second-order valence-electron chi connectivity index (χ2n) is 14.7. The van der Waals surface area contributed by atoms with Crippen molar-refractivity contribution >= 4 is 6.29 Å². The summed E-state index contributed by atoms with van der Waals surface area (Å²) in [7, 11) is 0. The quantitative estimate of drug-likeness (QED) is 0.0529. The van der Waals surface area contributed by atoms with Crippen LogP contribution < -0.4 is 0 Å². The summed E-state index contributed by atoms with van der Waals surface area (Å²) in [5.41, 5.74) is 0. The van der Waals surface area contributed by atoms with Crippen molar-refractivity contribution in [1.29, 1.82) is 0 Å². The third-order valence-corrected chi connectivity index (χ3v) is 9.87. The lowest BCUT2D eigenvalue weighted by Gasteiger charge is -2.27. The van der Waals surface area contributed by atoms with E-state index < -0.39 is 0 Å². The molecule has 4 heteroatoms. The van der Waals surface area contributed by atoms with Crippen LogP contribution in [0.5, 0.6) is 0 Å². The van der Waals surface area contributed by atoms with E-state index in [1.807, 2.05) is 0 Å². The molecule has 4 nitrogen and oxygen atoms in total. The SMILES string of the molecule is CCCCCCCCCCCCCCCCC(O)CN(CCOCCC)CC(C=O)CCCCCCCCCCCCCCCC. The molecule has 0 aromatic rings. The van der Waals surface area contributed by atoms with E-state index >= 15 is 0 Å². The van der Waals surface area contributed by atoms with Crippen molar-refractivity contribution in [3.63, 3.8) is 0 Å². The van der Waals surface area contributed by atoms with Gasteiger partial charge in [0.05, 0.1) is 12.7 Å². The lowest BCUT2D eigenvalue weighted by molar-refractivity contribution is -0.112. The summed E-state index contributed by atoms with van der Waals surface area (Å²) in [5, 5.41) is 10.8. The molecule has 2 atom stereocenters. The largest absolute Gasteiger partial charge is 0.392 e. The van der Waals surface area contributed by atoms with Gasteiger partial charge in [-0.05, 0) is 19.3 Å². The minimum Gasteiger partial charge on any atom is -0.392 e. The molecule has 276 valence electrons. The van der Waals surface area contributed by atoms with Crippen molar-refractivity contribution in [3.8, 4) is 0 Å². The Bertz CT molecular complexity index is 571. The van der Waals surface area contributed by atoms with Gasteiger partial charge in [-0.1, -0.05) is 201 Å². The van der Waals surface area contributed by atoms with E-state index in [1.165, 1.54) is 173 Å². The van der Waals surface area contributed by atoms with Crippen LogP contribution in [0.3, 0.4) is 0 Å². The fourth-order valence-electron chi connectivity index (χ4n) is 6.80. The number of hydrogen-bond donors (Lipinski definition) is 1. The van der Waals surface area contributed by atoms with E-state index in [2.05, 4.69) is 25.7 Å². The lowest BCUT2D eigenvalue weighted by Crippen LogP contribution is -2.38. The van der Waals surface area contributed by atoms with Crippen LogP contribution in [-0.2, 0) is 9.53 Å². The summed E-state index contributed by atoms with van der Waals surface area (Å²) >= 11 is 0. The number of nitrogens with zero attached hydrogens (tertiary/aromatic N) is 1. The average Bonchev–Trinajstić information content (AvgIpc) is 3.06. The van der Waals surface area contributed by atoms with E-state index in [4.69, 9.17) is 4.74 Å². The Morgan fingerprint density at radius 2 is 0.848 bits per heavy atom. The zero-order chi connectivity index (χ0) is 33.6. The van der Waals surface area contributed by atoms with Crippen LogP contribution in [0.4, 0.5) is 0 Å². The van der Waals surface area contributed by atoms with E-state index in [1.54, 1.807) is 0 Å². The molecule has 0 aromatic heterocycles. The Labute approximate surface area is 290 Å². The van der Waals surface area contributed by atoms with Gasteiger partial charge in [-0.15, -0.1) is 0 Å².